The standard InChI is InChI=1S/C22H22FN7O.ClH/c1-13-7-16(28-6-5-24-22(12-28)3-4-22)11-30-19(13)26-18(27-21(30)31)15-8-17(23)20-25-14(2)9-29(20)10-15;/h7-11,24H,3-6,12H2,1-2H3;1H. The minimum atomic E-state index is -0.478. The van der Waals surface area contributed by atoms with Crippen LogP contribution in [0.2, 0.25) is 0 Å². The lowest BCUT2D eigenvalue weighted by molar-refractivity contribution is 0.442. The number of anilines is 1. The smallest absolute Gasteiger partial charge is 0.355 e. The van der Waals surface area contributed by atoms with Crippen LogP contribution in [0.5, 0.6) is 0 Å². The van der Waals surface area contributed by atoms with Gasteiger partial charge in [0.25, 0.3) is 0 Å². The molecule has 1 saturated carbocycles. The second kappa shape index (κ2) is 7.25. The van der Waals surface area contributed by atoms with E-state index < -0.39 is 11.5 Å². The molecule has 8 nitrogen and oxygen atoms in total. The molecule has 5 heterocycles. The number of aromatic nitrogens is 5. The van der Waals surface area contributed by atoms with E-state index in [-0.39, 0.29) is 29.4 Å². The summed E-state index contributed by atoms with van der Waals surface area (Å²) in [7, 11) is 0. The maximum absolute atomic E-state index is 14.5. The minimum absolute atomic E-state index is 0. The molecule has 10 heteroatoms. The SMILES string of the molecule is Cc1cn2cc(-c3nc(=O)n4cc(N5CCNC6(CC6)C5)cc(C)c4n3)cc(F)c2n1.Cl. The van der Waals surface area contributed by atoms with Crippen molar-refractivity contribution in [2.75, 3.05) is 24.5 Å². The number of nitrogens with one attached hydrogen (secondary N) is 1. The quantitative estimate of drug-likeness (QED) is 0.500. The van der Waals surface area contributed by atoms with Crippen LogP contribution >= 0.6 is 12.4 Å². The lowest BCUT2D eigenvalue weighted by Crippen LogP contribution is -2.52. The molecule has 1 aliphatic heterocycles. The molecule has 32 heavy (non-hydrogen) atoms. The third-order valence-electron chi connectivity index (χ3n) is 6.30. The molecule has 0 atom stereocenters. The Morgan fingerprint density at radius 2 is 1.88 bits per heavy atom. The van der Waals surface area contributed by atoms with Crippen LogP contribution in [0.1, 0.15) is 24.1 Å². The average molecular weight is 456 g/mol. The van der Waals surface area contributed by atoms with Crippen LogP contribution in [0.15, 0.2) is 35.5 Å². The van der Waals surface area contributed by atoms with Crippen molar-refractivity contribution in [3.63, 3.8) is 0 Å². The summed E-state index contributed by atoms with van der Waals surface area (Å²) >= 11 is 0. The fraction of sp³-hybridized carbons (Fsp3) is 0.364. The summed E-state index contributed by atoms with van der Waals surface area (Å²) in [5, 5.41) is 3.60. The zero-order valence-electron chi connectivity index (χ0n) is 17.8. The van der Waals surface area contributed by atoms with E-state index in [4.69, 9.17) is 0 Å². The Hall–Kier alpha value is -3.04. The van der Waals surface area contributed by atoms with Crippen molar-refractivity contribution in [2.45, 2.75) is 32.2 Å². The highest BCUT2D eigenvalue weighted by Crippen LogP contribution is 2.38. The zero-order chi connectivity index (χ0) is 21.3. The first-order valence-corrected chi connectivity index (χ1v) is 10.5. The molecular formula is C22H23ClFN7O. The molecule has 0 aromatic carbocycles. The van der Waals surface area contributed by atoms with Crippen molar-refractivity contribution in [1.82, 2.24) is 29.1 Å². The predicted molar refractivity (Wildman–Crippen MR) is 122 cm³/mol. The largest absolute Gasteiger partial charge is 0.367 e. The van der Waals surface area contributed by atoms with E-state index in [1.54, 1.807) is 23.7 Å². The van der Waals surface area contributed by atoms with Gasteiger partial charge in [0.05, 0.1) is 11.4 Å². The number of hydrogen-bond acceptors (Lipinski definition) is 6. The van der Waals surface area contributed by atoms with E-state index in [1.165, 1.54) is 23.3 Å². The van der Waals surface area contributed by atoms with Gasteiger partial charge in [0.1, 0.15) is 5.65 Å². The molecule has 6 rings (SSSR count). The van der Waals surface area contributed by atoms with Gasteiger partial charge in [0.2, 0.25) is 0 Å². The number of piperazine rings is 1. The van der Waals surface area contributed by atoms with E-state index in [0.717, 1.165) is 30.9 Å². The summed E-state index contributed by atoms with van der Waals surface area (Å²) in [5.74, 6) is -0.277. The summed E-state index contributed by atoms with van der Waals surface area (Å²) in [6, 6.07) is 3.39. The van der Waals surface area contributed by atoms with Crippen molar-refractivity contribution in [1.29, 1.82) is 0 Å². The highest BCUT2D eigenvalue weighted by molar-refractivity contribution is 5.85. The molecule has 2 aliphatic rings. The van der Waals surface area contributed by atoms with Crippen molar-refractivity contribution < 1.29 is 4.39 Å². The van der Waals surface area contributed by atoms with Crippen LogP contribution in [-0.2, 0) is 0 Å². The van der Waals surface area contributed by atoms with Gasteiger partial charge in [-0.3, -0.25) is 0 Å². The molecule has 0 bridgehead atoms. The van der Waals surface area contributed by atoms with Gasteiger partial charge < -0.3 is 14.6 Å². The molecule has 1 N–H and O–H groups in total. The normalized spacial score (nSPS) is 17.2. The third kappa shape index (κ3) is 3.32. The molecule has 0 radical (unpaired) electrons. The van der Waals surface area contributed by atoms with Gasteiger partial charge in [-0.1, -0.05) is 0 Å². The molecule has 4 aromatic heterocycles. The predicted octanol–water partition coefficient (Wildman–Crippen LogP) is 2.52. The van der Waals surface area contributed by atoms with E-state index in [2.05, 4.69) is 31.2 Å². The van der Waals surface area contributed by atoms with Gasteiger partial charge >= 0.3 is 5.69 Å². The number of aryl methyl sites for hydroxylation is 2. The highest BCUT2D eigenvalue weighted by atomic mass is 35.5. The van der Waals surface area contributed by atoms with Gasteiger partial charge in [-0.25, -0.2) is 23.6 Å². The Balaban J connectivity index is 0.00000216. The fourth-order valence-corrected chi connectivity index (χ4v) is 4.53. The van der Waals surface area contributed by atoms with Crippen molar-refractivity contribution in [3.05, 3.63) is 58.3 Å². The van der Waals surface area contributed by atoms with Crippen LogP contribution in [0.4, 0.5) is 10.1 Å². The van der Waals surface area contributed by atoms with Gasteiger partial charge in [-0.05, 0) is 44.4 Å². The van der Waals surface area contributed by atoms with Crippen molar-refractivity contribution in [3.8, 4) is 11.4 Å². The number of hydrogen-bond donors (Lipinski definition) is 1. The first kappa shape index (κ1) is 20.8. The minimum Gasteiger partial charge on any atom is -0.367 e. The van der Waals surface area contributed by atoms with E-state index >= 15 is 0 Å². The molecule has 4 aromatic rings. The summed E-state index contributed by atoms with van der Waals surface area (Å²) in [6.45, 7) is 6.50. The van der Waals surface area contributed by atoms with Crippen molar-refractivity contribution >= 4 is 29.4 Å². The van der Waals surface area contributed by atoms with Gasteiger partial charge in [0.15, 0.2) is 17.3 Å². The molecule has 166 valence electrons. The summed E-state index contributed by atoms with van der Waals surface area (Å²) in [5.41, 5.74) is 3.59. The third-order valence-corrected chi connectivity index (χ3v) is 6.30. The summed E-state index contributed by atoms with van der Waals surface area (Å²) in [4.78, 5) is 28.2. The molecular weight excluding hydrogens is 433 g/mol. The lowest BCUT2D eigenvalue weighted by atomic mass is 10.1. The Morgan fingerprint density at radius 1 is 1.06 bits per heavy atom. The summed E-state index contributed by atoms with van der Waals surface area (Å²) in [6.07, 6.45) is 7.63. The second-order valence-corrected chi connectivity index (χ2v) is 8.72. The Morgan fingerprint density at radius 3 is 2.66 bits per heavy atom. The molecule has 0 unspecified atom stereocenters. The van der Waals surface area contributed by atoms with Crippen LogP contribution < -0.4 is 15.9 Å². The molecule has 1 aliphatic carbocycles. The molecule has 0 amide bonds. The van der Waals surface area contributed by atoms with E-state index in [1.807, 2.05) is 13.1 Å². The number of halogens is 2. The zero-order valence-corrected chi connectivity index (χ0v) is 18.6. The summed E-state index contributed by atoms with van der Waals surface area (Å²) < 4.78 is 17.6. The Bertz CT molecular complexity index is 1430. The number of pyridine rings is 2. The molecule has 2 fully saturated rings. The monoisotopic (exact) mass is 455 g/mol. The second-order valence-electron chi connectivity index (χ2n) is 8.72. The fourth-order valence-electron chi connectivity index (χ4n) is 4.53. The first-order chi connectivity index (χ1) is 14.9. The van der Waals surface area contributed by atoms with Crippen LogP contribution in [-0.4, -0.2) is 48.9 Å². The molecule has 1 spiro atoms. The number of rotatable bonds is 2. The average Bonchev–Trinajstić information content (AvgIpc) is 3.36. The van der Waals surface area contributed by atoms with Gasteiger partial charge in [-0.15, -0.1) is 12.4 Å². The first-order valence-electron chi connectivity index (χ1n) is 10.5. The number of nitrogens with zero attached hydrogens (tertiary/aromatic N) is 6. The van der Waals surface area contributed by atoms with Crippen LogP contribution in [0.25, 0.3) is 22.7 Å². The van der Waals surface area contributed by atoms with Crippen molar-refractivity contribution in [2.24, 2.45) is 0 Å². The topological polar surface area (TPSA) is 79.8 Å². The lowest BCUT2D eigenvalue weighted by Gasteiger charge is -2.35. The maximum atomic E-state index is 14.5. The van der Waals surface area contributed by atoms with Crippen LogP contribution in [0, 0.1) is 19.7 Å². The maximum Gasteiger partial charge on any atom is 0.355 e. The number of fused-ring (bicyclic) bond motifs is 2. The Labute approximate surface area is 189 Å². The van der Waals surface area contributed by atoms with E-state index in [9.17, 15) is 9.18 Å². The Kier molecular flexibility index (Phi) is 4.72. The number of imidazole rings is 1. The van der Waals surface area contributed by atoms with Gasteiger partial charge in [0, 0.05) is 49.3 Å². The van der Waals surface area contributed by atoms with E-state index in [0.29, 0.717) is 16.9 Å². The highest BCUT2D eigenvalue weighted by Gasteiger charge is 2.45. The van der Waals surface area contributed by atoms with Crippen LogP contribution in [0.3, 0.4) is 0 Å². The van der Waals surface area contributed by atoms with Gasteiger partial charge in [-0.2, -0.15) is 4.98 Å². The molecule has 1 saturated heterocycles.